The van der Waals surface area contributed by atoms with Crippen LogP contribution >= 0.6 is 31.9 Å². The quantitative estimate of drug-likeness (QED) is 0.262. The van der Waals surface area contributed by atoms with Gasteiger partial charge < -0.3 is 28.4 Å². The maximum absolute atomic E-state index is 13.8. The third kappa shape index (κ3) is 5.83. The van der Waals surface area contributed by atoms with E-state index in [-0.39, 0.29) is 11.7 Å². The summed E-state index contributed by atoms with van der Waals surface area (Å²) in [6.45, 7) is 4.36. The van der Waals surface area contributed by atoms with Gasteiger partial charge in [0.2, 0.25) is 11.5 Å². The lowest BCUT2D eigenvalue weighted by atomic mass is 9.75. The van der Waals surface area contributed by atoms with Crippen molar-refractivity contribution in [1.82, 2.24) is 0 Å². The molecule has 0 N–H and O–H groups in total. The molecule has 1 aliphatic carbocycles. The first kappa shape index (κ1) is 29.9. The Morgan fingerprint density at radius 1 is 0.684 bits per heavy atom. The Kier molecular flexibility index (Phi) is 10.2. The molecule has 9 heteroatoms. The molecule has 0 unspecified atom stereocenters. The van der Waals surface area contributed by atoms with Gasteiger partial charge in [0.25, 0.3) is 0 Å². The first-order chi connectivity index (χ1) is 18.1. The minimum Gasteiger partial charge on any atom is -0.493 e. The third-order valence-corrected chi connectivity index (χ3v) is 8.38. The zero-order valence-corrected chi connectivity index (χ0v) is 26.2. The summed E-state index contributed by atoms with van der Waals surface area (Å²) in [5.41, 5.74) is 2.95. The standard InChI is InChI=1S/C29H34Br2O7/c1-15(2)16-9-19(11-17-13-21(33-3)26(35-5)28(37-7)23(17)30)25(32)20(10-16)12-18-14-22(34-4)27(36-6)29(38-8)24(18)31/h11-16H,9-10H2,1-8H3. The van der Waals surface area contributed by atoms with Crippen LogP contribution in [0.5, 0.6) is 34.5 Å². The van der Waals surface area contributed by atoms with Crippen molar-refractivity contribution < 1.29 is 33.2 Å². The molecular formula is C29H34Br2O7. The van der Waals surface area contributed by atoms with E-state index in [1.807, 2.05) is 24.3 Å². The summed E-state index contributed by atoms with van der Waals surface area (Å²) in [5, 5.41) is 0. The number of ether oxygens (including phenoxy) is 6. The van der Waals surface area contributed by atoms with Gasteiger partial charge >= 0.3 is 0 Å². The predicted octanol–water partition coefficient (Wildman–Crippen LogP) is 7.37. The van der Waals surface area contributed by atoms with E-state index in [0.717, 1.165) is 11.1 Å². The van der Waals surface area contributed by atoms with Crippen LogP contribution in [0.1, 0.15) is 37.8 Å². The van der Waals surface area contributed by atoms with Crippen molar-refractivity contribution in [1.29, 1.82) is 0 Å². The van der Waals surface area contributed by atoms with Gasteiger partial charge in [0.15, 0.2) is 28.8 Å². The van der Waals surface area contributed by atoms with Crippen LogP contribution < -0.4 is 28.4 Å². The number of hydrogen-bond acceptors (Lipinski definition) is 7. The maximum Gasteiger partial charge on any atom is 0.204 e. The Balaban J connectivity index is 2.18. The van der Waals surface area contributed by atoms with Gasteiger partial charge in [0, 0.05) is 11.1 Å². The van der Waals surface area contributed by atoms with Crippen molar-refractivity contribution in [3.05, 3.63) is 43.4 Å². The Bertz CT molecular complexity index is 1170. The molecule has 0 radical (unpaired) electrons. The number of benzene rings is 2. The topological polar surface area (TPSA) is 72.5 Å². The summed E-state index contributed by atoms with van der Waals surface area (Å²) in [6.07, 6.45) is 5.13. The van der Waals surface area contributed by atoms with Crippen LogP contribution in [0.15, 0.2) is 32.2 Å². The number of ketones is 1. The van der Waals surface area contributed by atoms with E-state index in [1.54, 1.807) is 42.7 Å². The average Bonchev–Trinajstić information content (AvgIpc) is 2.91. The van der Waals surface area contributed by atoms with Gasteiger partial charge in [0.05, 0.1) is 51.6 Å². The van der Waals surface area contributed by atoms with Gasteiger partial charge in [-0.2, -0.15) is 0 Å². The lowest BCUT2D eigenvalue weighted by Crippen LogP contribution is -2.23. The second kappa shape index (κ2) is 12.9. The van der Waals surface area contributed by atoms with Gasteiger partial charge in [-0.05, 0) is 91.9 Å². The highest BCUT2D eigenvalue weighted by Gasteiger charge is 2.31. The van der Waals surface area contributed by atoms with Crippen LogP contribution in [-0.2, 0) is 4.79 Å². The number of allylic oxidation sites excluding steroid dienone is 2. The summed E-state index contributed by atoms with van der Waals surface area (Å²) in [7, 11) is 9.38. The number of carbonyl (C=O) groups excluding carboxylic acids is 1. The Morgan fingerprint density at radius 2 is 1.05 bits per heavy atom. The van der Waals surface area contributed by atoms with E-state index < -0.39 is 0 Å². The highest BCUT2D eigenvalue weighted by molar-refractivity contribution is 9.11. The van der Waals surface area contributed by atoms with Crippen LogP contribution in [0.25, 0.3) is 12.2 Å². The Morgan fingerprint density at radius 3 is 1.34 bits per heavy atom. The molecule has 38 heavy (non-hydrogen) atoms. The summed E-state index contributed by atoms with van der Waals surface area (Å²) in [6, 6.07) is 3.67. The molecule has 1 aliphatic rings. The molecule has 1 saturated carbocycles. The summed E-state index contributed by atoms with van der Waals surface area (Å²) in [5.74, 6) is 3.63. The van der Waals surface area contributed by atoms with Crippen molar-refractivity contribution in [2.75, 3.05) is 42.7 Å². The van der Waals surface area contributed by atoms with Crippen molar-refractivity contribution in [2.45, 2.75) is 26.7 Å². The molecule has 1 fully saturated rings. The zero-order chi connectivity index (χ0) is 28.1. The van der Waals surface area contributed by atoms with Crippen LogP contribution in [0.2, 0.25) is 0 Å². The van der Waals surface area contributed by atoms with Crippen LogP contribution in [0, 0.1) is 11.8 Å². The first-order valence-corrected chi connectivity index (χ1v) is 13.7. The molecule has 3 rings (SSSR count). The number of rotatable bonds is 9. The summed E-state index contributed by atoms with van der Waals surface area (Å²) in [4.78, 5) is 13.8. The lowest BCUT2D eigenvalue weighted by molar-refractivity contribution is -0.113. The van der Waals surface area contributed by atoms with Crippen LogP contribution in [-0.4, -0.2) is 48.4 Å². The van der Waals surface area contributed by atoms with Gasteiger partial charge in [-0.3, -0.25) is 4.79 Å². The van der Waals surface area contributed by atoms with Crippen molar-refractivity contribution in [3.8, 4) is 34.5 Å². The molecule has 0 saturated heterocycles. The monoisotopic (exact) mass is 652 g/mol. The van der Waals surface area contributed by atoms with E-state index in [4.69, 9.17) is 28.4 Å². The Labute approximate surface area is 241 Å². The molecule has 0 atom stereocenters. The molecule has 0 bridgehead atoms. The molecule has 0 aromatic heterocycles. The van der Waals surface area contributed by atoms with Crippen LogP contribution in [0.4, 0.5) is 0 Å². The van der Waals surface area contributed by atoms with Crippen molar-refractivity contribution >= 4 is 49.8 Å². The van der Waals surface area contributed by atoms with Crippen molar-refractivity contribution in [3.63, 3.8) is 0 Å². The number of hydrogen-bond donors (Lipinski definition) is 0. The van der Waals surface area contributed by atoms with Gasteiger partial charge in [-0.15, -0.1) is 0 Å². The van der Waals surface area contributed by atoms with E-state index >= 15 is 0 Å². The summed E-state index contributed by atoms with van der Waals surface area (Å²) < 4.78 is 34.6. The van der Waals surface area contributed by atoms with E-state index in [9.17, 15) is 4.79 Å². The van der Waals surface area contributed by atoms with Gasteiger partial charge in [-0.1, -0.05) is 13.8 Å². The minimum absolute atomic E-state index is 0.0109. The fourth-order valence-electron chi connectivity index (χ4n) is 4.61. The minimum atomic E-state index is -0.0109. The number of halogens is 2. The normalized spacial score (nSPS) is 17.7. The molecule has 2 aromatic rings. The highest BCUT2D eigenvalue weighted by atomic mass is 79.9. The molecule has 0 spiro atoms. The lowest BCUT2D eigenvalue weighted by Gasteiger charge is -2.29. The van der Waals surface area contributed by atoms with Gasteiger partial charge in [0.1, 0.15) is 0 Å². The van der Waals surface area contributed by atoms with Gasteiger partial charge in [-0.25, -0.2) is 0 Å². The molecular weight excluding hydrogens is 620 g/mol. The highest BCUT2D eigenvalue weighted by Crippen LogP contribution is 2.48. The second-order valence-corrected chi connectivity index (χ2v) is 10.8. The smallest absolute Gasteiger partial charge is 0.204 e. The maximum atomic E-state index is 13.8. The molecule has 206 valence electrons. The van der Waals surface area contributed by atoms with E-state index in [0.29, 0.717) is 73.3 Å². The third-order valence-electron chi connectivity index (χ3n) is 6.74. The summed E-state index contributed by atoms with van der Waals surface area (Å²) >= 11 is 7.27. The molecule has 7 nitrogen and oxygen atoms in total. The molecule has 2 aromatic carbocycles. The van der Waals surface area contributed by atoms with E-state index in [2.05, 4.69) is 45.7 Å². The SMILES string of the molecule is COc1cc(C=C2CC(C(C)C)CC(=Cc3cc(OC)c(OC)c(OC)c3Br)C2=O)c(Br)c(OC)c1OC. The fourth-order valence-corrected chi connectivity index (χ4v) is 5.76. The zero-order valence-electron chi connectivity index (χ0n) is 23.0. The van der Waals surface area contributed by atoms with Crippen LogP contribution in [0.3, 0.4) is 0 Å². The fraction of sp³-hybridized carbons (Fsp3) is 0.414. The first-order valence-electron chi connectivity index (χ1n) is 12.1. The molecule has 0 aliphatic heterocycles. The largest absolute Gasteiger partial charge is 0.493 e. The predicted molar refractivity (Wildman–Crippen MR) is 156 cm³/mol. The number of methoxy groups -OCH3 is 6. The second-order valence-electron chi connectivity index (χ2n) is 9.18. The van der Waals surface area contributed by atoms with E-state index in [1.165, 1.54) is 0 Å². The molecule has 0 heterocycles. The number of carbonyl (C=O) groups is 1. The number of Topliss-reactive ketones (excluding diaryl/α,β-unsaturated/α-hetero) is 1. The molecule has 0 amide bonds. The van der Waals surface area contributed by atoms with Crippen molar-refractivity contribution in [2.24, 2.45) is 11.8 Å². The Hall–Kier alpha value is -2.65. The average molecular weight is 654 g/mol.